The SMILES string of the molecule is CC12CCC3C(CCC4CC(O)CCC43C)C1CCC2CCCC(N=O)C1CCOCC1. The minimum absolute atomic E-state index is 0.0107. The van der Waals surface area contributed by atoms with Gasteiger partial charge in [0.1, 0.15) is 0 Å². The molecule has 4 heteroatoms. The molecular weight excluding hydrogens is 398 g/mol. The van der Waals surface area contributed by atoms with E-state index in [1.807, 2.05) is 0 Å². The van der Waals surface area contributed by atoms with Crippen LogP contribution in [-0.4, -0.2) is 30.5 Å². The zero-order chi connectivity index (χ0) is 22.3. The Labute approximate surface area is 195 Å². The Hall–Kier alpha value is -0.480. The van der Waals surface area contributed by atoms with Crippen molar-refractivity contribution < 1.29 is 9.84 Å². The van der Waals surface area contributed by atoms with Crippen molar-refractivity contribution in [1.29, 1.82) is 0 Å². The minimum Gasteiger partial charge on any atom is -0.393 e. The molecule has 4 saturated carbocycles. The van der Waals surface area contributed by atoms with Crippen molar-refractivity contribution in [2.24, 2.45) is 51.5 Å². The number of aliphatic hydroxyl groups excluding tert-OH is 1. The average molecular weight is 446 g/mol. The molecule has 5 aliphatic rings. The van der Waals surface area contributed by atoms with Crippen LogP contribution in [0.2, 0.25) is 0 Å². The number of fused-ring (bicyclic) bond motifs is 5. The van der Waals surface area contributed by atoms with E-state index in [1.54, 1.807) is 0 Å². The van der Waals surface area contributed by atoms with Gasteiger partial charge in [-0.25, -0.2) is 0 Å². The number of hydrogen-bond donors (Lipinski definition) is 1. The molecule has 0 aromatic heterocycles. The summed E-state index contributed by atoms with van der Waals surface area (Å²) in [7, 11) is 0. The van der Waals surface area contributed by atoms with Gasteiger partial charge in [0.05, 0.1) is 12.1 Å². The number of hydrogen-bond acceptors (Lipinski definition) is 4. The molecule has 0 bridgehead atoms. The van der Waals surface area contributed by atoms with E-state index >= 15 is 0 Å². The molecular formula is C28H47NO3. The third kappa shape index (κ3) is 4.00. The van der Waals surface area contributed by atoms with E-state index in [4.69, 9.17) is 4.74 Å². The summed E-state index contributed by atoms with van der Waals surface area (Å²) in [6.07, 6.45) is 17.2. The van der Waals surface area contributed by atoms with Crippen molar-refractivity contribution in [3.63, 3.8) is 0 Å². The van der Waals surface area contributed by atoms with Crippen LogP contribution < -0.4 is 0 Å². The maximum atomic E-state index is 11.5. The predicted molar refractivity (Wildman–Crippen MR) is 128 cm³/mol. The normalized spacial score (nSPS) is 47.8. The van der Waals surface area contributed by atoms with Crippen molar-refractivity contribution >= 4 is 0 Å². The van der Waals surface area contributed by atoms with Crippen LogP contribution in [0.5, 0.6) is 0 Å². The van der Waals surface area contributed by atoms with Crippen LogP contribution in [0, 0.1) is 51.2 Å². The number of nitrogens with zero attached hydrogens (tertiary/aromatic N) is 1. The third-order valence-corrected chi connectivity index (χ3v) is 11.8. The summed E-state index contributed by atoms with van der Waals surface area (Å²) < 4.78 is 5.49. The van der Waals surface area contributed by atoms with E-state index in [1.165, 1.54) is 57.8 Å². The Morgan fingerprint density at radius 1 is 0.938 bits per heavy atom. The molecule has 0 amide bonds. The van der Waals surface area contributed by atoms with Gasteiger partial charge in [-0.15, -0.1) is 0 Å². The van der Waals surface area contributed by atoms with Gasteiger partial charge in [-0.2, -0.15) is 4.91 Å². The monoisotopic (exact) mass is 445 g/mol. The molecule has 9 atom stereocenters. The maximum absolute atomic E-state index is 11.5. The molecule has 32 heavy (non-hydrogen) atoms. The second-order valence-corrected chi connectivity index (χ2v) is 13.0. The van der Waals surface area contributed by atoms with E-state index in [0.29, 0.717) is 16.7 Å². The van der Waals surface area contributed by atoms with Gasteiger partial charge in [-0.3, -0.25) is 0 Å². The summed E-state index contributed by atoms with van der Waals surface area (Å²) in [5, 5.41) is 13.8. The van der Waals surface area contributed by atoms with Crippen LogP contribution in [0.25, 0.3) is 0 Å². The Morgan fingerprint density at radius 3 is 2.47 bits per heavy atom. The highest BCUT2D eigenvalue weighted by atomic mass is 16.5. The minimum atomic E-state index is -0.0415. The lowest BCUT2D eigenvalue weighted by atomic mass is 9.44. The van der Waals surface area contributed by atoms with Gasteiger partial charge < -0.3 is 9.84 Å². The highest BCUT2D eigenvalue weighted by Crippen LogP contribution is 2.67. The van der Waals surface area contributed by atoms with E-state index in [-0.39, 0.29) is 12.1 Å². The van der Waals surface area contributed by atoms with Crippen LogP contribution >= 0.6 is 0 Å². The Bertz CT molecular complexity index is 663. The van der Waals surface area contributed by atoms with Gasteiger partial charge in [0, 0.05) is 13.2 Å². The fourth-order valence-electron chi connectivity index (χ4n) is 9.87. The van der Waals surface area contributed by atoms with Crippen molar-refractivity contribution in [1.82, 2.24) is 0 Å². The van der Waals surface area contributed by atoms with Gasteiger partial charge in [-0.05, 0) is 130 Å². The van der Waals surface area contributed by atoms with E-state index < -0.39 is 0 Å². The fourth-order valence-corrected chi connectivity index (χ4v) is 9.87. The maximum Gasteiger partial charge on any atom is 0.0949 e. The molecule has 4 aliphatic carbocycles. The highest BCUT2D eigenvalue weighted by molar-refractivity contribution is 5.09. The molecule has 1 N–H and O–H groups in total. The van der Waals surface area contributed by atoms with Gasteiger partial charge in [-0.1, -0.05) is 25.4 Å². The van der Waals surface area contributed by atoms with E-state index in [2.05, 4.69) is 19.0 Å². The summed E-state index contributed by atoms with van der Waals surface area (Å²) >= 11 is 0. The quantitative estimate of drug-likeness (QED) is 0.461. The molecule has 1 saturated heterocycles. The van der Waals surface area contributed by atoms with Gasteiger partial charge >= 0.3 is 0 Å². The molecule has 0 radical (unpaired) electrons. The van der Waals surface area contributed by atoms with E-state index in [9.17, 15) is 10.0 Å². The first-order valence-electron chi connectivity index (χ1n) is 14.0. The fraction of sp³-hybridized carbons (Fsp3) is 1.00. The van der Waals surface area contributed by atoms with Crippen molar-refractivity contribution in [3.8, 4) is 0 Å². The number of nitroso groups, excluding NO2 is 1. The zero-order valence-corrected chi connectivity index (χ0v) is 20.6. The van der Waals surface area contributed by atoms with Crippen LogP contribution in [-0.2, 0) is 4.74 Å². The van der Waals surface area contributed by atoms with Crippen LogP contribution in [0.4, 0.5) is 0 Å². The third-order valence-electron chi connectivity index (χ3n) is 11.8. The molecule has 5 fully saturated rings. The van der Waals surface area contributed by atoms with Gasteiger partial charge in [0.15, 0.2) is 0 Å². The average Bonchev–Trinajstić information content (AvgIpc) is 3.14. The highest BCUT2D eigenvalue weighted by Gasteiger charge is 2.59. The largest absolute Gasteiger partial charge is 0.393 e. The summed E-state index contributed by atoms with van der Waals surface area (Å²) in [6, 6.07) is 0.0107. The van der Waals surface area contributed by atoms with Crippen molar-refractivity contribution in [2.45, 2.75) is 116 Å². The molecule has 182 valence electrons. The van der Waals surface area contributed by atoms with Crippen LogP contribution in [0.3, 0.4) is 0 Å². The smallest absolute Gasteiger partial charge is 0.0949 e. The Balaban J connectivity index is 1.20. The zero-order valence-electron chi connectivity index (χ0n) is 20.6. The first kappa shape index (κ1) is 23.3. The Morgan fingerprint density at radius 2 is 1.69 bits per heavy atom. The first-order valence-corrected chi connectivity index (χ1v) is 14.0. The number of aliphatic hydroxyl groups is 1. The Kier molecular flexibility index (Phi) is 6.75. The van der Waals surface area contributed by atoms with Crippen LogP contribution in [0.15, 0.2) is 5.18 Å². The molecule has 4 nitrogen and oxygen atoms in total. The van der Waals surface area contributed by atoms with Crippen molar-refractivity contribution in [2.75, 3.05) is 13.2 Å². The summed E-state index contributed by atoms with van der Waals surface area (Å²) in [4.78, 5) is 11.5. The van der Waals surface area contributed by atoms with Crippen molar-refractivity contribution in [3.05, 3.63) is 4.91 Å². The molecule has 1 aliphatic heterocycles. The molecule has 0 aromatic carbocycles. The lowest BCUT2D eigenvalue weighted by Gasteiger charge is -2.61. The molecule has 0 aromatic rings. The van der Waals surface area contributed by atoms with E-state index in [0.717, 1.165) is 74.9 Å². The topological polar surface area (TPSA) is 58.9 Å². The lowest BCUT2D eigenvalue weighted by Crippen LogP contribution is -2.53. The summed E-state index contributed by atoms with van der Waals surface area (Å²) in [5.74, 6) is 4.77. The number of ether oxygens (including phenoxy) is 1. The predicted octanol–water partition coefficient (Wildman–Crippen LogP) is 6.74. The number of rotatable bonds is 6. The van der Waals surface area contributed by atoms with Crippen LogP contribution in [0.1, 0.15) is 104 Å². The summed E-state index contributed by atoms with van der Waals surface area (Å²) in [5.41, 5.74) is 0.995. The first-order chi connectivity index (χ1) is 15.5. The molecule has 5 rings (SSSR count). The molecule has 9 unspecified atom stereocenters. The second kappa shape index (κ2) is 9.29. The standard InChI is InChI=1S/C28H47NO3/c1-27-15-11-25-23(8-6-21-18-22(30)10-14-28(21,25)2)24(27)9-7-20(27)4-3-5-26(29-31)19-12-16-32-17-13-19/h19-26,30H,3-18H2,1-2H3. The second-order valence-electron chi connectivity index (χ2n) is 13.0. The van der Waals surface area contributed by atoms with Gasteiger partial charge in [0.25, 0.3) is 0 Å². The molecule has 0 spiro atoms. The lowest BCUT2D eigenvalue weighted by molar-refractivity contribution is -0.127. The summed E-state index contributed by atoms with van der Waals surface area (Å²) in [6.45, 7) is 6.84. The molecule has 1 heterocycles. The van der Waals surface area contributed by atoms with Gasteiger partial charge in [0.2, 0.25) is 0 Å².